The van der Waals surface area contributed by atoms with Crippen molar-refractivity contribution >= 4 is 0 Å². The summed E-state index contributed by atoms with van der Waals surface area (Å²) in [5.41, 5.74) is 0. The molecule has 0 spiro atoms. The summed E-state index contributed by atoms with van der Waals surface area (Å²) >= 11 is 0. The monoisotopic (exact) mass is 268 g/mol. The summed E-state index contributed by atoms with van der Waals surface area (Å²) in [6.07, 6.45) is 10.9. The van der Waals surface area contributed by atoms with Crippen LogP contribution in [0, 0.1) is 5.92 Å². The summed E-state index contributed by atoms with van der Waals surface area (Å²) in [7, 11) is 1.79. The quantitative estimate of drug-likeness (QED) is 0.777. The van der Waals surface area contributed by atoms with Gasteiger partial charge in [0, 0.05) is 31.8 Å². The van der Waals surface area contributed by atoms with Crippen molar-refractivity contribution in [3.63, 3.8) is 0 Å². The van der Waals surface area contributed by atoms with Crippen molar-refractivity contribution in [1.82, 2.24) is 10.6 Å². The Hall–Kier alpha value is -0.120. The van der Waals surface area contributed by atoms with Gasteiger partial charge >= 0.3 is 0 Å². The molecule has 0 aromatic carbocycles. The van der Waals surface area contributed by atoms with Gasteiger partial charge in [0.25, 0.3) is 0 Å². The average Bonchev–Trinajstić information content (AvgIpc) is 2.46. The van der Waals surface area contributed by atoms with Crippen LogP contribution in [-0.4, -0.2) is 38.4 Å². The number of hydrogen-bond donors (Lipinski definition) is 2. The zero-order valence-corrected chi connectivity index (χ0v) is 12.8. The molecule has 1 aliphatic carbocycles. The molecule has 3 nitrogen and oxygen atoms in total. The van der Waals surface area contributed by atoms with E-state index in [0.717, 1.165) is 31.0 Å². The number of methoxy groups -OCH3 is 1. The van der Waals surface area contributed by atoms with Gasteiger partial charge in [-0.3, -0.25) is 0 Å². The van der Waals surface area contributed by atoms with Crippen molar-refractivity contribution in [3.8, 4) is 0 Å². The maximum absolute atomic E-state index is 5.19. The summed E-state index contributed by atoms with van der Waals surface area (Å²) in [5, 5.41) is 7.65. The number of nitrogens with one attached hydrogen (secondary N) is 2. The van der Waals surface area contributed by atoms with E-state index >= 15 is 0 Å². The van der Waals surface area contributed by atoms with Crippen LogP contribution in [0.2, 0.25) is 0 Å². The van der Waals surface area contributed by atoms with E-state index in [1.807, 2.05) is 0 Å². The van der Waals surface area contributed by atoms with Crippen molar-refractivity contribution in [2.75, 3.05) is 20.3 Å². The van der Waals surface area contributed by atoms with Crippen LogP contribution in [0.4, 0.5) is 0 Å². The standard InChI is InChI=1S/C16H32N2O/c1-13(10-12-19-2)18-16-9-4-3-7-14(16)15-8-5-6-11-17-15/h13-18H,3-12H2,1-2H3. The van der Waals surface area contributed by atoms with E-state index in [2.05, 4.69) is 17.6 Å². The van der Waals surface area contributed by atoms with Gasteiger partial charge in [-0.25, -0.2) is 0 Å². The van der Waals surface area contributed by atoms with E-state index in [-0.39, 0.29) is 0 Å². The van der Waals surface area contributed by atoms with E-state index in [9.17, 15) is 0 Å². The first kappa shape index (κ1) is 15.3. The van der Waals surface area contributed by atoms with Gasteiger partial charge in [0.05, 0.1) is 0 Å². The molecule has 0 radical (unpaired) electrons. The number of piperidine rings is 1. The fraction of sp³-hybridized carbons (Fsp3) is 1.00. The van der Waals surface area contributed by atoms with Gasteiger partial charge in [0.1, 0.15) is 0 Å². The number of hydrogen-bond acceptors (Lipinski definition) is 3. The summed E-state index contributed by atoms with van der Waals surface area (Å²) in [5.74, 6) is 0.846. The molecule has 0 amide bonds. The zero-order chi connectivity index (χ0) is 13.5. The van der Waals surface area contributed by atoms with Gasteiger partial charge in [0.15, 0.2) is 0 Å². The number of rotatable bonds is 6. The number of ether oxygens (including phenoxy) is 1. The third-order valence-corrected chi connectivity index (χ3v) is 4.94. The predicted octanol–water partition coefficient (Wildman–Crippen LogP) is 2.70. The van der Waals surface area contributed by atoms with Gasteiger partial charge in [-0.2, -0.15) is 0 Å². The first-order valence-corrected chi connectivity index (χ1v) is 8.29. The maximum Gasteiger partial charge on any atom is 0.0476 e. The molecule has 2 N–H and O–H groups in total. The highest BCUT2D eigenvalue weighted by Crippen LogP contribution is 2.30. The fourth-order valence-electron chi connectivity index (χ4n) is 3.84. The molecule has 2 fully saturated rings. The van der Waals surface area contributed by atoms with E-state index < -0.39 is 0 Å². The maximum atomic E-state index is 5.19. The van der Waals surface area contributed by atoms with E-state index in [0.29, 0.717) is 6.04 Å². The SMILES string of the molecule is COCCC(C)NC1CCCCC1C1CCCCN1. The molecule has 2 aliphatic rings. The Morgan fingerprint density at radius 1 is 1.16 bits per heavy atom. The van der Waals surface area contributed by atoms with Crippen molar-refractivity contribution in [2.45, 2.75) is 76.4 Å². The lowest BCUT2D eigenvalue weighted by Crippen LogP contribution is -2.52. The lowest BCUT2D eigenvalue weighted by molar-refractivity contribution is 0.153. The van der Waals surface area contributed by atoms with Gasteiger partial charge in [-0.1, -0.05) is 19.3 Å². The van der Waals surface area contributed by atoms with E-state index in [4.69, 9.17) is 4.74 Å². The lowest BCUT2D eigenvalue weighted by Gasteiger charge is -2.41. The van der Waals surface area contributed by atoms with Crippen LogP contribution in [0.15, 0.2) is 0 Å². The lowest BCUT2D eigenvalue weighted by atomic mass is 9.77. The van der Waals surface area contributed by atoms with Crippen LogP contribution in [0.25, 0.3) is 0 Å². The van der Waals surface area contributed by atoms with Gasteiger partial charge < -0.3 is 15.4 Å². The third kappa shape index (κ3) is 4.73. The smallest absolute Gasteiger partial charge is 0.0476 e. The zero-order valence-electron chi connectivity index (χ0n) is 12.8. The molecule has 0 aromatic heterocycles. The summed E-state index contributed by atoms with van der Waals surface area (Å²) in [6.45, 7) is 4.40. The largest absolute Gasteiger partial charge is 0.385 e. The van der Waals surface area contributed by atoms with Crippen molar-refractivity contribution in [1.29, 1.82) is 0 Å². The topological polar surface area (TPSA) is 33.3 Å². The highest BCUT2D eigenvalue weighted by Gasteiger charge is 2.32. The van der Waals surface area contributed by atoms with Crippen LogP contribution in [-0.2, 0) is 4.74 Å². The molecular weight excluding hydrogens is 236 g/mol. The summed E-state index contributed by atoms with van der Waals surface area (Å²) in [4.78, 5) is 0. The third-order valence-electron chi connectivity index (χ3n) is 4.94. The van der Waals surface area contributed by atoms with Crippen molar-refractivity contribution in [3.05, 3.63) is 0 Å². The molecular formula is C16H32N2O. The van der Waals surface area contributed by atoms with E-state index in [1.165, 1.54) is 51.5 Å². The molecule has 1 saturated carbocycles. The fourth-order valence-corrected chi connectivity index (χ4v) is 3.84. The molecule has 4 atom stereocenters. The molecule has 3 heteroatoms. The molecule has 0 bridgehead atoms. The minimum atomic E-state index is 0.578. The Morgan fingerprint density at radius 2 is 1.95 bits per heavy atom. The second-order valence-corrected chi connectivity index (χ2v) is 6.46. The summed E-state index contributed by atoms with van der Waals surface area (Å²) < 4.78 is 5.19. The molecule has 0 aromatic rings. The summed E-state index contributed by atoms with van der Waals surface area (Å²) in [6, 6.07) is 2.06. The molecule has 1 heterocycles. The molecule has 19 heavy (non-hydrogen) atoms. The highest BCUT2D eigenvalue weighted by atomic mass is 16.5. The normalized spacial score (nSPS) is 34.1. The Kier molecular flexibility index (Phi) is 6.62. The van der Waals surface area contributed by atoms with Crippen LogP contribution in [0.3, 0.4) is 0 Å². The van der Waals surface area contributed by atoms with Gasteiger partial charge in [0.2, 0.25) is 0 Å². The Bertz CT molecular complexity index is 241. The first-order valence-electron chi connectivity index (χ1n) is 8.29. The Morgan fingerprint density at radius 3 is 2.68 bits per heavy atom. The average molecular weight is 268 g/mol. The van der Waals surface area contributed by atoms with Crippen LogP contribution in [0.5, 0.6) is 0 Å². The second kappa shape index (κ2) is 8.23. The molecule has 1 aliphatic heterocycles. The molecule has 4 unspecified atom stereocenters. The minimum Gasteiger partial charge on any atom is -0.385 e. The van der Waals surface area contributed by atoms with E-state index in [1.54, 1.807) is 7.11 Å². The van der Waals surface area contributed by atoms with Gasteiger partial charge in [-0.15, -0.1) is 0 Å². The molecule has 1 saturated heterocycles. The Labute approximate surface area is 118 Å². The molecule has 2 rings (SSSR count). The first-order chi connectivity index (χ1) is 9.31. The van der Waals surface area contributed by atoms with Crippen molar-refractivity contribution in [2.24, 2.45) is 5.92 Å². The van der Waals surface area contributed by atoms with Crippen LogP contribution < -0.4 is 10.6 Å². The second-order valence-electron chi connectivity index (χ2n) is 6.46. The molecule has 112 valence electrons. The van der Waals surface area contributed by atoms with Crippen LogP contribution >= 0.6 is 0 Å². The van der Waals surface area contributed by atoms with Crippen LogP contribution in [0.1, 0.15) is 58.3 Å². The van der Waals surface area contributed by atoms with Gasteiger partial charge in [-0.05, 0) is 51.5 Å². The van der Waals surface area contributed by atoms with Crippen molar-refractivity contribution < 1.29 is 4.74 Å². The predicted molar refractivity (Wildman–Crippen MR) is 80.5 cm³/mol. The Balaban J connectivity index is 1.84. The highest BCUT2D eigenvalue weighted by molar-refractivity contribution is 4.91. The minimum absolute atomic E-state index is 0.578.